The van der Waals surface area contributed by atoms with Crippen molar-refractivity contribution in [2.45, 2.75) is 6.92 Å². The normalized spacial score (nSPS) is 10.3. The highest BCUT2D eigenvalue weighted by Gasteiger charge is 2.17. The maximum Gasteiger partial charge on any atom is 0.355 e. The van der Waals surface area contributed by atoms with Crippen molar-refractivity contribution in [3.63, 3.8) is 0 Å². The fourth-order valence-corrected chi connectivity index (χ4v) is 2.06. The fraction of sp³-hybridized carbons (Fsp3) is 0.133. The first-order valence-corrected chi connectivity index (χ1v) is 6.81. The van der Waals surface area contributed by atoms with Gasteiger partial charge in [-0.15, -0.1) is 0 Å². The Balaban J connectivity index is 2.60. The van der Waals surface area contributed by atoms with E-state index in [9.17, 15) is 9.90 Å². The van der Waals surface area contributed by atoms with E-state index in [1.807, 2.05) is 6.92 Å². The van der Waals surface area contributed by atoms with Gasteiger partial charge in [-0.05, 0) is 25.1 Å². The largest absolute Gasteiger partial charge is 0.492 e. The van der Waals surface area contributed by atoms with E-state index in [4.69, 9.17) is 22.1 Å². The quantitative estimate of drug-likeness (QED) is 0.878. The van der Waals surface area contributed by atoms with Gasteiger partial charge in [0.15, 0.2) is 11.5 Å². The third-order valence-electron chi connectivity index (χ3n) is 2.87. The Morgan fingerprint density at radius 2 is 2.23 bits per heavy atom. The van der Waals surface area contributed by atoms with Gasteiger partial charge in [-0.1, -0.05) is 24.3 Å². The van der Waals surface area contributed by atoms with Crippen molar-refractivity contribution in [2.24, 2.45) is 0 Å². The molecule has 0 fully saturated rings. The van der Waals surface area contributed by atoms with Gasteiger partial charge in [0.2, 0.25) is 0 Å². The van der Waals surface area contributed by atoms with E-state index in [-0.39, 0.29) is 22.9 Å². The number of anilines is 1. The summed E-state index contributed by atoms with van der Waals surface area (Å²) in [6.07, 6.45) is 1.32. The van der Waals surface area contributed by atoms with Crippen LogP contribution in [0.5, 0.6) is 5.75 Å². The number of nitrogen functional groups attached to an aromatic ring is 1. The fourth-order valence-electron chi connectivity index (χ4n) is 1.89. The van der Waals surface area contributed by atoms with Gasteiger partial charge >= 0.3 is 5.97 Å². The molecular formula is C15H14ClN3O3. The molecule has 6 nitrogen and oxygen atoms in total. The number of halogens is 1. The van der Waals surface area contributed by atoms with E-state index in [0.717, 1.165) is 0 Å². The molecule has 0 aliphatic carbocycles. The second-order valence-electron chi connectivity index (χ2n) is 4.28. The average molecular weight is 320 g/mol. The van der Waals surface area contributed by atoms with Crippen LogP contribution in [0.25, 0.3) is 17.5 Å². The van der Waals surface area contributed by atoms with Gasteiger partial charge in [-0.25, -0.2) is 14.8 Å². The summed E-state index contributed by atoms with van der Waals surface area (Å²) in [5.41, 5.74) is 6.33. The molecule has 0 bridgehead atoms. The van der Waals surface area contributed by atoms with Gasteiger partial charge in [0.25, 0.3) is 0 Å². The van der Waals surface area contributed by atoms with Crippen molar-refractivity contribution in [1.29, 1.82) is 0 Å². The Kier molecular flexibility index (Phi) is 4.62. The zero-order valence-electron chi connectivity index (χ0n) is 11.8. The van der Waals surface area contributed by atoms with E-state index < -0.39 is 5.97 Å². The summed E-state index contributed by atoms with van der Waals surface area (Å²) in [4.78, 5) is 19.5. The topological polar surface area (TPSA) is 98.3 Å². The van der Waals surface area contributed by atoms with Crippen molar-refractivity contribution < 1.29 is 14.6 Å². The molecule has 22 heavy (non-hydrogen) atoms. The molecule has 114 valence electrons. The van der Waals surface area contributed by atoms with Gasteiger partial charge in [0.1, 0.15) is 11.6 Å². The summed E-state index contributed by atoms with van der Waals surface area (Å²) in [7, 11) is 0. The monoisotopic (exact) mass is 319 g/mol. The average Bonchev–Trinajstić information content (AvgIpc) is 2.48. The number of aromatic carboxylic acids is 1. The molecule has 1 heterocycles. The van der Waals surface area contributed by atoms with Gasteiger partial charge < -0.3 is 15.6 Å². The first-order chi connectivity index (χ1) is 10.5. The standard InChI is InChI=1S/C15H14ClN3O3/c1-3-9-12(15(20)21)18-14(19-13(9)17)8-5-6-10(16)11(7-8)22-4-2/h3,5-7H,1,4H2,2H3,(H,20,21)(H2,17,18,19). The Bertz CT molecular complexity index is 747. The maximum absolute atomic E-state index is 11.3. The highest BCUT2D eigenvalue weighted by Crippen LogP contribution is 2.30. The predicted molar refractivity (Wildman–Crippen MR) is 85.1 cm³/mol. The van der Waals surface area contributed by atoms with Crippen LogP contribution in [-0.2, 0) is 0 Å². The van der Waals surface area contributed by atoms with Crippen LogP contribution in [0.1, 0.15) is 23.0 Å². The first-order valence-electron chi connectivity index (χ1n) is 6.43. The van der Waals surface area contributed by atoms with E-state index in [2.05, 4.69) is 16.5 Å². The predicted octanol–water partition coefficient (Wildman–Crippen LogP) is 3.12. The third-order valence-corrected chi connectivity index (χ3v) is 3.18. The number of carboxylic acids is 1. The van der Waals surface area contributed by atoms with Gasteiger partial charge in [-0.3, -0.25) is 0 Å². The molecular weight excluding hydrogens is 306 g/mol. The summed E-state index contributed by atoms with van der Waals surface area (Å²) in [5, 5.41) is 9.68. The number of aromatic nitrogens is 2. The molecule has 0 unspecified atom stereocenters. The number of nitrogens with two attached hydrogens (primary N) is 1. The van der Waals surface area contributed by atoms with Crippen molar-refractivity contribution in [2.75, 3.05) is 12.3 Å². The summed E-state index contributed by atoms with van der Waals surface area (Å²) >= 11 is 6.03. The minimum absolute atomic E-state index is 0.0466. The molecule has 0 amide bonds. The zero-order chi connectivity index (χ0) is 16.3. The van der Waals surface area contributed by atoms with E-state index in [1.54, 1.807) is 18.2 Å². The van der Waals surface area contributed by atoms with Gasteiger partial charge in [0.05, 0.1) is 11.6 Å². The van der Waals surface area contributed by atoms with Crippen LogP contribution in [0.15, 0.2) is 24.8 Å². The first kappa shape index (κ1) is 15.8. The van der Waals surface area contributed by atoms with Crippen LogP contribution >= 0.6 is 11.6 Å². The lowest BCUT2D eigenvalue weighted by Gasteiger charge is -2.10. The second-order valence-corrected chi connectivity index (χ2v) is 4.69. The second kappa shape index (κ2) is 6.44. The molecule has 0 saturated heterocycles. The van der Waals surface area contributed by atoms with Crippen molar-refractivity contribution in [3.05, 3.63) is 41.1 Å². The van der Waals surface area contributed by atoms with Crippen LogP contribution < -0.4 is 10.5 Å². The van der Waals surface area contributed by atoms with Crippen LogP contribution in [0.3, 0.4) is 0 Å². The summed E-state index contributed by atoms with van der Waals surface area (Å²) < 4.78 is 5.40. The molecule has 7 heteroatoms. The number of rotatable bonds is 5. The summed E-state index contributed by atoms with van der Waals surface area (Å²) in [6, 6.07) is 4.93. The van der Waals surface area contributed by atoms with Crippen molar-refractivity contribution in [1.82, 2.24) is 9.97 Å². The van der Waals surface area contributed by atoms with Gasteiger partial charge in [-0.2, -0.15) is 0 Å². The Morgan fingerprint density at radius 1 is 1.50 bits per heavy atom. The van der Waals surface area contributed by atoms with Crippen molar-refractivity contribution >= 4 is 29.5 Å². The Labute approximate surface area is 132 Å². The molecule has 1 aromatic carbocycles. The van der Waals surface area contributed by atoms with Crippen LogP contribution in [0, 0.1) is 0 Å². The van der Waals surface area contributed by atoms with E-state index >= 15 is 0 Å². The Hall–Kier alpha value is -2.60. The number of hydrogen-bond donors (Lipinski definition) is 2. The van der Waals surface area contributed by atoms with Crippen LogP contribution in [-0.4, -0.2) is 27.7 Å². The molecule has 0 spiro atoms. The van der Waals surface area contributed by atoms with Crippen LogP contribution in [0.4, 0.5) is 5.82 Å². The van der Waals surface area contributed by atoms with E-state index in [0.29, 0.717) is 22.9 Å². The maximum atomic E-state index is 11.3. The minimum atomic E-state index is -1.20. The lowest BCUT2D eigenvalue weighted by atomic mass is 10.1. The number of carbonyl (C=O) groups is 1. The summed E-state index contributed by atoms with van der Waals surface area (Å²) in [6.45, 7) is 5.81. The molecule has 0 aliphatic heterocycles. The highest BCUT2D eigenvalue weighted by molar-refractivity contribution is 6.32. The number of ether oxygens (including phenoxy) is 1. The number of hydrogen-bond acceptors (Lipinski definition) is 5. The molecule has 3 N–H and O–H groups in total. The highest BCUT2D eigenvalue weighted by atomic mass is 35.5. The van der Waals surface area contributed by atoms with Crippen molar-refractivity contribution in [3.8, 4) is 17.1 Å². The zero-order valence-corrected chi connectivity index (χ0v) is 12.6. The Morgan fingerprint density at radius 3 is 2.82 bits per heavy atom. The SMILES string of the molecule is C=Cc1c(N)nc(-c2ccc(Cl)c(OCC)c2)nc1C(=O)O. The number of nitrogens with zero attached hydrogens (tertiary/aromatic N) is 2. The minimum Gasteiger partial charge on any atom is -0.492 e. The molecule has 1 aromatic heterocycles. The molecule has 2 aromatic rings. The molecule has 0 saturated carbocycles. The number of benzene rings is 1. The summed E-state index contributed by atoms with van der Waals surface area (Å²) in [5.74, 6) is -0.513. The third kappa shape index (κ3) is 3.01. The number of carboxylic acid groups (broad SMARTS) is 1. The molecule has 0 radical (unpaired) electrons. The molecule has 0 aliphatic rings. The lowest BCUT2D eigenvalue weighted by molar-refractivity contribution is 0.0690. The molecule has 0 atom stereocenters. The molecule has 2 rings (SSSR count). The van der Waals surface area contributed by atoms with Gasteiger partial charge in [0, 0.05) is 11.1 Å². The smallest absolute Gasteiger partial charge is 0.355 e. The lowest BCUT2D eigenvalue weighted by Crippen LogP contribution is -2.10. The van der Waals surface area contributed by atoms with E-state index in [1.165, 1.54) is 6.08 Å². The van der Waals surface area contributed by atoms with Crippen LogP contribution in [0.2, 0.25) is 5.02 Å².